The number of ether oxygens (including phenoxy) is 1. The molecule has 0 aromatic heterocycles. The number of methoxy groups -OCH3 is 1. The summed E-state index contributed by atoms with van der Waals surface area (Å²) in [5, 5.41) is 10.7. The largest absolute Gasteiger partial charge is 0.490 e. The number of nitrogens with zero attached hydrogens (tertiary/aromatic N) is 1. The van der Waals surface area contributed by atoms with Crippen molar-refractivity contribution in [2.45, 2.75) is 11.8 Å². The van der Waals surface area contributed by atoms with Gasteiger partial charge in [-0.15, -0.1) is 23.4 Å². The van der Waals surface area contributed by atoms with Gasteiger partial charge in [0.15, 0.2) is 5.75 Å². The molecule has 100 valence electrons. The van der Waals surface area contributed by atoms with Crippen LogP contribution in [0.3, 0.4) is 0 Å². The van der Waals surface area contributed by atoms with Crippen molar-refractivity contribution in [3.63, 3.8) is 0 Å². The zero-order valence-electron chi connectivity index (χ0n) is 9.98. The van der Waals surface area contributed by atoms with Crippen molar-refractivity contribution in [1.29, 1.82) is 0 Å². The molecule has 0 N–H and O–H groups in total. The molecule has 18 heavy (non-hydrogen) atoms. The maximum absolute atomic E-state index is 13.7. The van der Waals surface area contributed by atoms with Crippen LogP contribution in [-0.4, -0.2) is 23.7 Å². The third-order valence-electron chi connectivity index (χ3n) is 2.22. The molecular weight excluding hydrogens is 281 g/mol. The zero-order valence-corrected chi connectivity index (χ0v) is 11.6. The van der Waals surface area contributed by atoms with E-state index in [1.807, 2.05) is 6.92 Å². The SMILES string of the molecule is COc1cc(SCC(C)CCl)c(F)cc1[N+](=O)[O-]. The monoisotopic (exact) mass is 293 g/mol. The van der Waals surface area contributed by atoms with E-state index in [1.54, 1.807) is 0 Å². The molecule has 1 unspecified atom stereocenters. The van der Waals surface area contributed by atoms with Crippen molar-refractivity contribution in [2.24, 2.45) is 5.92 Å². The van der Waals surface area contributed by atoms with E-state index in [0.29, 0.717) is 16.5 Å². The van der Waals surface area contributed by atoms with Gasteiger partial charge in [0.2, 0.25) is 0 Å². The van der Waals surface area contributed by atoms with E-state index < -0.39 is 10.7 Å². The fraction of sp³-hybridized carbons (Fsp3) is 0.455. The van der Waals surface area contributed by atoms with Crippen LogP contribution in [-0.2, 0) is 0 Å². The lowest BCUT2D eigenvalue weighted by atomic mass is 10.3. The minimum absolute atomic E-state index is 0.0578. The van der Waals surface area contributed by atoms with Gasteiger partial charge in [0.25, 0.3) is 0 Å². The van der Waals surface area contributed by atoms with E-state index >= 15 is 0 Å². The summed E-state index contributed by atoms with van der Waals surface area (Å²) in [6.07, 6.45) is 0. The van der Waals surface area contributed by atoms with Crippen LogP contribution in [0.1, 0.15) is 6.92 Å². The van der Waals surface area contributed by atoms with Crippen LogP contribution in [0.2, 0.25) is 0 Å². The van der Waals surface area contributed by atoms with Gasteiger partial charge < -0.3 is 4.74 Å². The third kappa shape index (κ3) is 3.74. The van der Waals surface area contributed by atoms with E-state index in [9.17, 15) is 14.5 Å². The number of halogens is 2. The minimum Gasteiger partial charge on any atom is -0.490 e. The van der Waals surface area contributed by atoms with Gasteiger partial charge in [0.1, 0.15) is 5.82 Å². The normalized spacial score (nSPS) is 12.2. The summed E-state index contributed by atoms with van der Waals surface area (Å²) in [5.74, 6) is 0.800. The Hall–Kier alpha value is -1.01. The molecule has 7 heteroatoms. The number of alkyl halides is 1. The highest BCUT2D eigenvalue weighted by Crippen LogP contribution is 2.34. The molecule has 0 fully saturated rings. The molecule has 1 aromatic rings. The molecular formula is C11H13ClFNO3S. The molecule has 0 aliphatic carbocycles. The standard InChI is InChI=1S/C11H13ClFNO3S/c1-7(5-12)6-18-11-4-10(17-2)9(14(15)16)3-8(11)13/h3-4,7H,5-6H2,1-2H3. The first-order chi connectivity index (χ1) is 8.49. The van der Waals surface area contributed by atoms with E-state index in [4.69, 9.17) is 16.3 Å². The molecule has 0 heterocycles. The van der Waals surface area contributed by atoms with Crippen LogP contribution >= 0.6 is 23.4 Å². The van der Waals surface area contributed by atoms with Gasteiger partial charge in [-0.2, -0.15) is 0 Å². The molecule has 4 nitrogen and oxygen atoms in total. The smallest absolute Gasteiger partial charge is 0.313 e. The molecule has 0 saturated heterocycles. The molecule has 0 saturated carbocycles. The first-order valence-electron chi connectivity index (χ1n) is 5.20. The van der Waals surface area contributed by atoms with E-state index in [0.717, 1.165) is 6.07 Å². The summed E-state index contributed by atoms with van der Waals surface area (Å²) >= 11 is 6.93. The second-order valence-corrected chi connectivity index (χ2v) is 5.15. The van der Waals surface area contributed by atoms with Crippen molar-refractivity contribution in [3.8, 4) is 5.75 Å². The highest BCUT2D eigenvalue weighted by atomic mass is 35.5. The zero-order chi connectivity index (χ0) is 13.7. The lowest BCUT2D eigenvalue weighted by molar-refractivity contribution is -0.386. The number of thioether (sulfide) groups is 1. The Kier molecular flexibility index (Phi) is 5.68. The second kappa shape index (κ2) is 6.80. The van der Waals surface area contributed by atoms with Crippen LogP contribution in [0.4, 0.5) is 10.1 Å². The van der Waals surface area contributed by atoms with Crippen LogP contribution < -0.4 is 4.74 Å². The minimum atomic E-state index is -0.669. The lowest BCUT2D eigenvalue weighted by Crippen LogP contribution is -2.00. The van der Waals surface area contributed by atoms with E-state index in [1.165, 1.54) is 24.9 Å². The van der Waals surface area contributed by atoms with Crippen molar-refractivity contribution < 1.29 is 14.1 Å². The summed E-state index contributed by atoms with van der Waals surface area (Å²) in [6.45, 7) is 1.94. The van der Waals surface area contributed by atoms with Crippen molar-refractivity contribution in [2.75, 3.05) is 18.7 Å². The highest BCUT2D eigenvalue weighted by Gasteiger charge is 2.19. The van der Waals surface area contributed by atoms with Gasteiger partial charge in [-0.05, 0) is 5.92 Å². The van der Waals surface area contributed by atoms with Gasteiger partial charge in [-0.1, -0.05) is 6.92 Å². The molecule has 1 atom stereocenters. The Labute approximate surface area is 114 Å². The predicted molar refractivity (Wildman–Crippen MR) is 70.2 cm³/mol. The number of nitro benzene ring substituents is 1. The predicted octanol–water partition coefficient (Wildman–Crippen LogP) is 3.71. The quantitative estimate of drug-likeness (QED) is 0.347. The van der Waals surface area contributed by atoms with E-state index in [2.05, 4.69) is 0 Å². The number of hydrogen-bond donors (Lipinski definition) is 0. The van der Waals surface area contributed by atoms with Crippen LogP contribution in [0.5, 0.6) is 5.75 Å². The first kappa shape index (κ1) is 15.0. The fourth-order valence-electron chi connectivity index (χ4n) is 1.22. The Morgan fingerprint density at radius 2 is 2.28 bits per heavy atom. The number of nitro groups is 1. The summed E-state index contributed by atoms with van der Waals surface area (Å²) in [4.78, 5) is 10.4. The molecule has 0 bridgehead atoms. The first-order valence-corrected chi connectivity index (χ1v) is 6.72. The van der Waals surface area contributed by atoms with Crippen LogP contribution in [0, 0.1) is 21.8 Å². The topological polar surface area (TPSA) is 52.4 Å². The molecule has 0 spiro atoms. The number of benzene rings is 1. The van der Waals surface area contributed by atoms with Crippen molar-refractivity contribution in [3.05, 3.63) is 28.1 Å². The van der Waals surface area contributed by atoms with Crippen molar-refractivity contribution in [1.82, 2.24) is 0 Å². The average Bonchev–Trinajstić information content (AvgIpc) is 2.36. The van der Waals surface area contributed by atoms with E-state index in [-0.39, 0.29) is 17.4 Å². The van der Waals surface area contributed by atoms with Gasteiger partial charge in [0.05, 0.1) is 18.1 Å². The van der Waals surface area contributed by atoms with Gasteiger partial charge in [-0.3, -0.25) is 10.1 Å². The van der Waals surface area contributed by atoms with Crippen LogP contribution in [0.25, 0.3) is 0 Å². The van der Waals surface area contributed by atoms with Crippen LogP contribution in [0.15, 0.2) is 17.0 Å². The molecule has 1 aromatic carbocycles. The Bertz CT molecular complexity index is 445. The Morgan fingerprint density at radius 1 is 1.61 bits per heavy atom. The number of hydrogen-bond acceptors (Lipinski definition) is 4. The molecule has 0 aliphatic rings. The fourth-order valence-corrected chi connectivity index (χ4v) is 2.43. The summed E-state index contributed by atoms with van der Waals surface area (Å²) in [7, 11) is 1.32. The van der Waals surface area contributed by atoms with Gasteiger partial charge in [0, 0.05) is 22.6 Å². The van der Waals surface area contributed by atoms with Gasteiger partial charge >= 0.3 is 5.69 Å². The lowest BCUT2D eigenvalue weighted by Gasteiger charge is -2.09. The molecule has 1 rings (SSSR count). The molecule has 0 amide bonds. The van der Waals surface area contributed by atoms with Gasteiger partial charge in [-0.25, -0.2) is 4.39 Å². The summed E-state index contributed by atoms with van der Waals surface area (Å²) in [6, 6.07) is 2.23. The average molecular weight is 294 g/mol. The third-order valence-corrected chi connectivity index (χ3v) is 4.10. The Morgan fingerprint density at radius 3 is 2.78 bits per heavy atom. The maximum Gasteiger partial charge on any atom is 0.313 e. The number of rotatable bonds is 6. The summed E-state index contributed by atoms with van der Waals surface area (Å²) in [5.41, 5.74) is -0.371. The summed E-state index contributed by atoms with van der Waals surface area (Å²) < 4.78 is 18.6. The Balaban J connectivity index is 2.97. The maximum atomic E-state index is 13.7. The second-order valence-electron chi connectivity index (χ2n) is 3.78. The van der Waals surface area contributed by atoms with Crippen molar-refractivity contribution >= 4 is 29.1 Å². The highest BCUT2D eigenvalue weighted by molar-refractivity contribution is 7.99. The molecule has 0 aliphatic heterocycles. The molecule has 0 radical (unpaired) electrons.